The van der Waals surface area contributed by atoms with Crippen molar-refractivity contribution in [3.63, 3.8) is 0 Å². The van der Waals surface area contributed by atoms with Crippen LogP contribution in [0.1, 0.15) is 33.6 Å². The summed E-state index contributed by atoms with van der Waals surface area (Å²) in [6.07, 6.45) is 1.89. The third kappa shape index (κ3) is 3.43. The normalized spacial score (nSPS) is 21.6. The molecular formula is C23H28FOSi. The van der Waals surface area contributed by atoms with E-state index in [0.29, 0.717) is 12.0 Å². The van der Waals surface area contributed by atoms with E-state index in [0.717, 1.165) is 6.42 Å². The monoisotopic (exact) mass is 367 g/mol. The quantitative estimate of drug-likeness (QED) is 0.556. The molecule has 1 nitrogen and oxygen atoms in total. The van der Waals surface area contributed by atoms with Crippen molar-refractivity contribution in [1.29, 1.82) is 0 Å². The minimum atomic E-state index is -2.66. The van der Waals surface area contributed by atoms with Crippen molar-refractivity contribution in [2.75, 3.05) is 0 Å². The van der Waals surface area contributed by atoms with Gasteiger partial charge in [0, 0.05) is 0 Å². The van der Waals surface area contributed by atoms with Crippen molar-refractivity contribution in [1.82, 2.24) is 0 Å². The fourth-order valence-electron chi connectivity index (χ4n) is 3.93. The molecule has 0 aromatic heterocycles. The molecule has 1 radical (unpaired) electrons. The van der Waals surface area contributed by atoms with Gasteiger partial charge in [0.15, 0.2) is 0 Å². The molecule has 2 aromatic rings. The van der Waals surface area contributed by atoms with Crippen LogP contribution in [0, 0.1) is 6.42 Å². The van der Waals surface area contributed by atoms with Gasteiger partial charge in [-0.1, -0.05) is 88.0 Å². The largest absolute Gasteiger partial charge is 0.401 e. The predicted octanol–water partition coefficient (Wildman–Crippen LogP) is 4.82. The molecule has 1 aliphatic rings. The van der Waals surface area contributed by atoms with Gasteiger partial charge < -0.3 is 4.43 Å². The van der Waals surface area contributed by atoms with Crippen LogP contribution in [-0.4, -0.2) is 20.6 Å². The van der Waals surface area contributed by atoms with Crippen LogP contribution in [0.25, 0.3) is 0 Å². The predicted molar refractivity (Wildman–Crippen MR) is 110 cm³/mol. The van der Waals surface area contributed by atoms with E-state index in [2.05, 4.69) is 75.9 Å². The van der Waals surface area contributed by atoms with Gasteiger partial charge in [-0.15, -0.1) is 0 Å². The summed E-state index contributed by atoms with van der Waals surface area (Å²) in [6.45, 7) is 10.7. The van der Waals surface area contributed by atoms with Crippen molar-refractivity contribution >= 4 is 18.7 Å². The smallest absolute Gasteiger partial charge is 0.261 e. The van der Waals surface area contributed by atoms with E-state index < -0.39 is 14.5 Å². The van der Waals surface area contributed by atoms with Crippen LogP contribution in [0.5, 0.6) is 0 Å². The van der Waals surface area contributed by atoms with Gasteiger partial charge in [0.1, 0.15) is 6.17 Å². The highest BCUT2D eigenvalue weighted by Crippen LogP contribution is 2.40. The summed E-state index contributed by atoms with van der Waals surface area (Å²) in [7, 11) is -2.66. The second-order valence-electron chi connectivity index (χ2n) is 8.07. The van der Waals surface area contributed by atoms with Crippen LogP contribution in [0.15, 0.2) is 72.8 Å². The van der Waals surface area contributed by atoms with Crippen LogP contribution in [0.2, 0.25) is 5.04 Å². The van der Waals surface area contributed by atoms with Gasteiger partial charge >= 0.3 is 0 Å². The highest BCUT2D eigenvalue weighted by atomic mass is 28.4. The Kier molecular flexibility index (Phi) is 5.49. The molecule has 0 spiro atoms. The Hall–Kier alpha value is -1.71. The van der Waals surface area contributed by atoms with Gasteiger partial charge in [0.25, 0.3) is 8.32 Å². The Morgan fingerprint density at radius 3 is 1.88 bits per heavy atom. The first-order chi connectivity index (χ1) is 12.4. The van der Waals surface area contributed by atoms with E-state index in [4.69, 9.17) is 4.43 Å². The lowest BCUT2D eigenvalue weighted by Crippen LogP contribution is -2.68. The van der Waals surface area contributed by atoms with E-state index in [-0.39, 0.29) is 11.1 Å². The lowest BCUT2D eigenvalue weighted by atomic mass is 9.92. The highest BCUT2D eigenvalue weighted by Gasteiger charge is 2.52. The molecule has 137 valence electrons. The number of rotatable bonds is 4. The van der Waals surface area contributed by atoms with Crippen molar-refractivity contribution < 1.29 is 8.82 Å². The SMILES string of the molecule is C=C1[C@@H](F)C[CH]C[C@H]1O[Si](c1ccccc1)(c1ccccc1)C(C)(C)C. The highest BCUT2D eigenvalue weighted by molar-refractivity contribution is 6.99. The molecule has 0 N–H and O–H groups in total. The molecule has 0 saturated heterocycles. The van der Waals surface area contributed by atoms with Gasteiger partial charge in [0.2, 0.25) is 0 Å². The van der Waals surface area contributed by atoms with Crippen LogP contribution >= 0.6 is 0 Å². The number of halogens is 1. The molecule has 0 aliphatic heterocycles. The maximum atomic E-state index is 14.3. The van der Waals surface area contributed by atoms with E-state index in [1.165, 1.54) is 10.4 Å². The molecule has 1 saturated carbocycles. The molecule has 2 atom stereocenters. The maximum Gasteiger partial charge on any atom is 0.261 e. The summed E-state index contributed by atoms with van der Waals surface area (Å²) in [5, 5.41) is 2.32. The Bertz CT molecular complexity index is 696. The fraction of sp³-hybridized carbons (Fsp3) is 0.348. The first kappa shape index (κ1) is 19.1. The van der Waals surface area contributed by atoms with Gasteiger partial charge in [0.05, 0.1) is 6.10 Å². The van der Waals surface area contributed by atoms with Crippen LogP contribution in [0.3, 0.4) is 0 Å². The zero-order valence-electron chi connectivity index (χ0n) is 15.9. The van der Waals surface area contributed by atoms with Gasteiger partial charge in [-0.05, 0) is 40.2 Å². The van der Waals surface area contributed by atoms with Gasteiger partial charge in [-0.3, -0.25) is 0 Å². The fourth-order valence-corrected chi connectivity index (χ4v) is 8.62. The topological polar surface area (TPSA) is 9.23 Å². The Balaban J connectivity index is 2.16. The van der Waals surface area contributed by atoms with Crippen LogP contribution in [0.4, 0.5) is 4.39 Å². The molecule has 0 bridgehead atoms. The van der Waals surface area contributed by atoms with E-state index in [1.807, 2.05) is 18.6 Å². The second-order valence-corrected chi connectivity index (χ2v) is 12.3. The van der Waals surface area contributed by atoms with Gasteiger partial charge in [-0.25, -0.2) is 4.39 Å². The second kappa shape index (κ2) is 7.49. The summed E-state index contributed by atoms with van der Waals surface area (Å²) in [4.78, 5) is 0. The number of hydrogen-bond acceptors (Lipinski definition) is 1. The number of alkyl halides is 1. The average Bonchev–Trinajstić information content (AvgIpc) is 2.63. The van der Waals surface area contributed by atoms with Crippen molar-refractivity contribution in [2.24, 2.45) is 0 Å². The first-order valence-electron chi connectivity index (χ1n) is 9.29. The number of hydrogen-bond donors (Lipinski definition) is 0. The summed E-state index contributed by atoms with van der Waals surface area (Å²) < 4.78 is 21.3. The molecule has 0 amide bonds. The van der Waals surface area contributed by atoms with E-state index >= 15 is 0 Å². The molecule has 0 heterocycles. The first-order valence-corrected chi connectivity index (χ1v) is 11.2. The average molecular weight is 368 g/mol. The summed E-state index contributed by atoms with van der Waals surface area (Å²) >= 11 is 0. The van der Waals surface area contributed by atoms with Gasteiger partial charge in [-0.2, -0.15) is 0 Å². The lowest BCUT2D eigenvalue weighted by Gasteiger charge is -2.46. The number of benzene rings is 2. The van der Waals surface area contributed by atoms with E-state index in [9.17, 15) is 4.39 Å². The van der Waals surface area contributed by atoms with Crippen molar-refractivity contribution in [3.05, 3.63) is 79.2 Å². The summed E-state index contributed by atoms with van der Waals surface area (Å²) in [5.74, 6) is 0. The molecule has 2 aromatic carbocycles. The standard InChI is InChI=1S/C23H28FOSi/c1-18-21(24)16-11-17-22(18)25-26(23(2,3)4,19-12-7-5-8-13-19)20-14-9-6-10-15-20/h5-15,21-22H,1,16-17H2,2-4H3/t21-,22+/m0/s1. The molecule has 1 fully saturated rings. The Morgan fingerprint density at radius 2 is 1.42 bits per heavy atom. The zero-order valence-corrected chi connectivity index (χ0v) is 16.9. The Morgan fingerprint density at radius 1 is 0.923 bits per heavy atom. The van der Waals surface area contributed by atoms with E-state index in [1.54, 1.807) is 0 Å². The summed E-state index contributed by atoms with van der Waals surface area (Å²) in [5.41, 5.74) is 0.584. The molecular weight excluding hydrogens is 339 g/mol. The molecule has 26 heavy (non-hydrogen) atoms. The minimum Gasteiger partial charge on any atom is -0.401 e. The minimum absolute atomic E-state index is 0.112. The van der Waals surface area contributed by atoms with Crippen molar-refractivity contribution in [3.8, 4) is 0 Å². The molecule has 3 heteroatoms. The molecule has 0 unspecified atom stereocenters. The lowest BCUT2D eigenvalue weighted by molar-refractivity contribution is 0.176. The maximum absolute atomic E-state index is 14.3. The molecule has 3 rings (SSSR count). The zero-order chi connectivity index (χ0) is 18.8. The molecule has 1 aliphatic carbocycles. The van der Waals surface area contributed by atoms with Crippen molar-refractivity contribution in [2.45, 2.75) is 50.9 Å². The summed E-state index contributed by atoms with van der Waals surface area (Å²) in [6, 6.07) is 21.0. The third-order valence-electron chi connectivity index (χ3n) is 5.31. The third-order valence-corrected chi connectivity index (χ3v) is 10.3. The van der Waals surface area contributed by atoms with Crippen LogP contribution < -0.4 is 10.4 Å². The Labute approximate surface area is 158 Å². The van der Waals surface area contributed by atoms with Crippen LogP contribution in [-0.2, 0) is 4.43 Å².